The molecule has 0 unspecified atom stereocenters. The average molecular weight is 241 g/mol. The van der Waals surface area contributed by atoms with Crippen LogP contribution in [-0.2, 0) is 4.84 Å². The molecule has 0 radical (unpaired) electrons. The quantitative estimate of drug-likeness (QED) is 0.343. The van der Waals surface area contributed by atoms with E-state index in [0.29, 0.717) is 6.61 Å². The van der Waals surface area contributed by atoms with Crippen molar-refractivity contribution in [1.29, 1.82) is 0 Å². The summed E-state index contributed by atoms with van der Waals surface area (Å²) < 4.78 is 0. The van der Waals surface area contributed by atoms with Gasteiger partial charge in [0.05, 0.1) is 5.56 Å². The lowest BCUT2D eigenvalue weighted by atomic mass is 10.2. The van der Waals surface area contributed by atoms with Gasteiger partial charge in [0.25, 0.3) is 0 Å². The number of rotatable bonds is 7. The van der Waals surface area contributed by atoms with Crippen LogP contribution in [-0.4, -0.2) is 23.4 Å². The predicted molar refractivity (Wildman–Crippen MR) is 60.5 cm³/mol. The molecule has 86 valence electrons. The van der Waals surface area contributed by atoms with Gasteiger partial charge in [-0.2, -0.15) is 0 Å². The third kappa shape index (κ3) is 4.31. The summed E-state index contributed by atoms with van der Waals surface area (Å²) in [4.78, 5) is 25.5. The maximum atomic E-state index is 10.6. The molecule has 1 N–H and O–H groups in total. The van der Waals surface area contributed by atoms with Crippen molar-refractivity contribution in [2.75, 3.05) is 12.4 Å². The Morgan fingerprint density at radius 2 is 2.06 bits per heavy atom. The molecule has 1 aromatic carbocycles. The number of hydrogen-bond acceptors (Lipinski definition) is 5. The Morgan fingerprint density at radius 1 is 1.38 bits per heavy atom. The SMILES string of the molecule is O=NOCCCSc1ccc(C(=O)O)cc1. The molecular formula is C10H11NO4S. The third-order valence-electron chi connectivity index (χ3n) is 1.80. The Labute approximate surface area is 96.7 Å². The molecule has 1 rings (SSSR count). The van der Waals surface area contributed by atoms with Crippen molar-refractivity contribution in [3.63, 3.8) is 0 Å². The molecule has 6 heteroatoms. The van der Waals surface area contributed by atoms with Gasteiger partial charge < -0.3 is 9.94 Å². The summed E-state index contributed by atoms with van der Waals surface area (Å²) in [6, 6.07) is 6.64. The van der Waals surface area contributed by atoms with Crippen molar-refractivity contribution in [2.24, 2.45) is 5.34 Å². The molecular weight excluding hydrogens is 230 g/mol. The lowest BCUT2D eigenvalue weighted by Crippen LogP contribution is -1.95. The van der Waals surface area contributed by atoms with E-state index < -0.39 is 5.97 Å². The number of nitrogens with zero attached hydrogens (tertiary/aromatic N) is 1. The van der Waals surface area contributed by atoms with E-state index in [1.54, 1.807) is 36.0 Å². The van der Waals surface area contributed by atoms with E-state index in [9.17, 15) is 9.70 Å². The van der Waals surface area contributed by atoms with E-state index in [-0.39, 0.29) is 5.56 Å². The summed E-state index contributed by atoms with van der Waals surface area (Å²) in [5.74, 6) is -0.135. The minimum atomic E-state index is -0.929. The van der Waals surface area contributed by atoms with Crippen molar-refractivity contribution in [2.45, 2.75) is 11.3 Å². The minimum Gasteiger partial charge on any atom is -0.478 e. The zero-order valence-corrected chi connectivity index (χ0v) is 9.27. The van der Waals surface area contributed by atoms with Gasteiger partial charge in [0.15, 0.2) is 5.34 Å². The topological polar surface area (TPSA) is 76.0 Å². The molecule has 5 nitrogen and oxygen atoms in total. The highest BCUT2D eigenvalue weighted by Gasteiger charge is 2.01. The second-order valence-corrected chi connectivity index (χ2v) is 4.11. The lowest BCUT2D eigenvalue weighted by Gasteiger charge is -2.01. The van der Waals surface area contributed by atoms with Crippen LogP contribution in [0, 0.1) is 4.91 Å². The molecule has 16 heavy (non-hydrogen) atoms. The Morgan fingerprint density at radius 3 is 2.62 bits per heavy atom. The van der Waals surface area contributed by atoms with E-state index in [1.165, 1.54) is 0 Å². The molecule has 0 fully saturated rings. The Kier molecular flexibility index (Phi) is 5.35. The number of benzene rings is 1. The van der Waals surface area contributed by atoms with Crippen molar-refractivity contribution >= 4 is 17.7 Å². The summed E-state index contributed by atoms with van der Waals surface area (Å²) >= 11 is 1.57. The van der Waals surface area contributed by atoms with Crippen LogP contribution in [0.3, 0.4) is 0 Å². The summed E-state index contributed by atoms with van der Waals surface area (Å²) in [5.41, 5.74) is 0.276. The van der Waals surface area contributed by atoms with Gasteiger partial charge in [-0.25, -0.2) is 4.79 Å². The van der Waals surface area contributed by atoms with E-state index >= 15 is 0 Å². The van der Waals surface area contributed by atoms with Crippen LogP contribution in [0.25, 0.3) is 0 Å². The van der Waals surface area contributed by atoms with E-state index in [1.807, 2.05) is 0 Å². The second kappa shape index (κ2) is 6.84. The van der Waals surface area contributed by atoms with Gasteiger partial charge in [-0.05, 0) is 30.7 Å². The molecule has 1 aromatic rings. The van der Waals surface area contributed by atoms with E-state index in [0.717, 1.165) is 17.1 Å². The Balaban J connectivity index is 2.32. The van der Waals surface area contributed by atoms with E-state index in [4.69, 9.17) is 5.11 Å². The zero-order chi connectivity index (χ0) is 11.8. The van der Waals surface area contributed by atoms with Gasteiger partial charge in [0.2, 0.25) is 0 Å². The molecule has 0 spiro atoms. The molecule has 0 aliphatic rings. The van der Waals surface area contributed by atoms with Gasteiger partial charge in [-0.1, -0.05) is 0 Å². The van der Waals surface area contributed by atoms with Crippen LogP contribution in [0.15, 0.2) is 34.5 Å². The summed E-state index contributed by atoms with van der Waals surface area (Å²) in [6.45, 7) is 0.309. The highest BCUT2D eigenvalue weighted by Crippen LogP contribution is 2.19. The summed E-state index contributed by atoms with van der Waals surface area (Å²) in [7, 11) is 0. The molecule has 0 aliphatic carbocycles. The highest BCUT2D eigenvalue weighted by molar-refractivity contribution is 7.99. The van der Waals surface area contributed by atoms with E-state index in [2.05, 4.69) is 10.2 Å². The number of carboxylic acid groups (broad SMARTS) is 1. The van der Waals surface area contributed by atoms with Gasteiger partial charge in [-0.3, -0.25) is 0 Å². The van der Waals surface area contributed by atoms with Gasteiger partial charge in [0, 0.05) is 10.6 Å². The Bertz CT molecular complexity index is 352. The third-order valence-corrected chi connectivity index (χ3v) is 2.90. The first kappa shape index (κ1) is 12.5. The van der Waals surface area contributed by atoms with Crippen LogP contribution < -0.4 is 0 Å². The highest BCUT2D eigenvalue weighted by atomic mass is 32.2. The van der Waals surface area contributed by atoms with Crippen molar-refractivity contribution in [1.82, 2.24) is 0 Å². The smallest absolute Gasteiger partial charge is 0.335 e. The maximum Gasteiger partial charge on any atom is 0.335 e. The van der Waals surface area contributed by atoms with Crippen molar-refractivity contribution in [3.8, 4) is 0 Å². The predicted octanol–water partition coefficient (Wildman–Crippen LogP) is 2.57. The monoisotopic (exact) mass is 241 g/mol. The normalized spacial score (nSPS) is 9.75. The number of carbonyl (C=O) groups is 1. The van der Waals surface area contributed by atoms with Crippen LogP contribution in [0.5, 0.6) is 0 Å². The molecule has 0 bridgehead atoms. The van der Waals surface area contributed by atoms with Crippen LogP contribution >= 0.6 is 11.8 Å². The molecule has 0 saturated heterocycles. The number of hydrogen-bond donors (Lipinski definition) is 1. The lowest BCUT2D eigenvalue weighted by molar-refractivity contribution is 0.0697. The molecule has 0 aliphatic heterocycles. The molecule has 0 saturated carbocycles. The average Bonchev–Trinajstić information content (AvgIpc) is 2.29. The molecule has 0 amide bonds. The fourth-order valence-electron chi connectivity index (χ4n) is 1.04. The van der Waals surface area contributed by atoms with Crippen molar-refractivity contribution in [3.05, 3.63) is 34.7 Å². The maximum absolute atomic E-state index is 10.6. The minimum absolute atomic E-state index is 0.276. The second-order valence-electron chi connectivity index (χ2n) is 2.94. The van der Waals surface area contributed by atoms with Gasteiger partial charge in [-0.15, -0.1) is 16.7 Å². The fraction of sp³-hybridized carbons (Fsp3) is 0.300. The van der Waals surface area contributed by atoms with Crippen molar-refractivity contribution < 1.29 is 14.7 Å². The standard InChI is InChI=1S/C10H11NO4S/c12-10(13)8-2-4-9(5-3-8)16-7-1-6-15-11-14/h2-5H,1,6-7H2,(H,12,13). The van der Waals surface area contributed by atoms with Crippen LogP contribution in [0.1, 0.15) is 16.8 Å². The van der Waals surface area contributed by atoms with Crippen LogP contribution in [0.4, 0.5) is 0 Å². The Hall–Kier alpha value is -1.56. The first-order valence-corrected chi connectivity index (χ1v) is 5.63. The summed E-state index contributed by atoms with van der Waals surface area (Å²) in [5, 5.41) is 11.0. The molecule has 0 aromatic heterocycles. The summed E-state index contributed by atoms with van der Waals surface area (Å²) in [6.07, 6.45) is 0.719. The first-order valence-electron chi connectivity index (χ1n) is 4.65. The number of thioether (sulfide) groups is 1. The first-order chi connectivity index (χ1) is 7.74. The largest absolute Gasteiger partial charge is 0.478 e. The number of carboxylic acids is 1. The fourth-order valence-corrected chi connectivity index (χ4v) is 1.87. The number of aromatic carboxylic acids is 1. The zero-order valence-electron chi connectivity index (χ0n) is 8.46. The van der Waals surface area contributed by atoms with Gasteiger partial charge in [0.1, 0.15) is 6.61 Å². The van der Waals surface area contributed by atoms with Crippen LogP contribution in [0.2, 0.25) is 0 Å². The molecule has 0 atom stereocenters. The molecule has 0 heterocycles. The van der Waals surface area contributed by atoms with Gasteiger partial charge >= 0.3 is 5.97 Å².